The van der Waals surface area contributed by atoms with E-state index in [9.17, 15) is 9.59 Å². The summed E-state index contributed by atoms with van der Waals surface area (Å²) >= 11 is 1.50. The lowest BCUT2D eigenvalue weighted by molar-refractivity contribution is 0.0845. The first-order valence-electron chi connectivity index (χ1n) is 7.84. The van der Waals surface area contributed by atoms with Crippen molar-refractivity contribution in [3.63, 3.8) is 0 Å². The van der Waals surface area contributed by atoms with Gasteiger partial charge in [0.2, 0.25) is 0 Å². The van der Waals surface area contributed by atoms with E-state index in [0.29, 0.717) is 21.4 Å². The molecule has 0 unspecified atom stereocenters. The molecule has 25 heavy (non-hydrogen) atoms. The molecule has 6 nitrogen and oxygen atoms in total. The molecule has 0 spiro atoms. The summed E-state index contributed by atoms with van der Waals surface area (Å²) in [4.78, 5) is 32.0. The van der Waals surface area contributed by atoms with Crippen LogP contribution in [0.4, 0.5) is 0 Å². The van der Waals surface area contributed by atoms with Gasteiger partial charge in [0.05, 0.1) is 11.1 Å². The van der Waals surface area contributed by atoms with Crippen LogP contribution in [0.15, 0.2) is 53.8 Å². The first-order chi connectivity index (χ1) is 12.1. The Morgan fingerprint density at radius 2 is 1.76 bits per heavy atom. The molecule has 3 N–H and O–H groups in total. The third-order valence-corrected chi connectivity index (χ3v) is 4.51. The number of benzene rings is 1. The largest absolute Gasteiger partial charge is 0.360 e. The van der Waals surface area contributed by atoms with Gasteiger partial charge in [-0.15, -0.1) is 11.8 Å². The maximum absolute atomic E-state index is 12.4. The minimum absolute atomic E-state index is 0.294. The Labute approximate surface area is 149 Å². The van der Waals surface area contributed by atoms with Gasteiger partial charge in [-0.3, -0.25) is 20.4 Å². The van der Waals surface area contributed by atoms with Crippen LogP contribution in [0.5, 0.6) is 0 Å². The van der Waals surface area contributed by atoms with Crippen LogP contribution in [0.3, 0.4) is 0 Å². The highest BCUT2D eigenvalue weighted by Crippen LogP contribution is 2.24. The zero-order valence-corrected chi connectivity index (χ0v) is 14.7. The fourth-order valence-electron chi connectivity index (χ4n) is 2.39. The van der Waals surface area contributed by atoms with Crippen molar-refractivity contribution in [1.82, 2.24) is 20.8 Å². The molecule has 0 aliphatic heterocycles. The highest BCUT2D eigenvalue weighted by atomic mass is 32.2. The van der Waals surface area contributed by atoms with E-state index in [1.165, 1.54) is 11.8 Å². The Balaban J connectivity index is 1.71. The van der Waals surface area contributed by atoms with Crippen LogP contribution >= 0.6 is 11.8 Å². The number of nitrogens with zero attached hydrogens (tertiary/aromatic N) is 1. The first-order valence-corrected chi connectivity index (χ1v) is 8.72. The van der Waals surface area contributed by atoms with E-state index in [2.05, 4.69) is 20.8 Å². The van der Waals surface area contributed by atoms with Crippen LogP contribution in [0, 0.1) is 0 Å². The highest BCUT2D eigenvalue weighted by Gasteiger charge is 2.16. The number of hydrogen-bond donors (Lipinski definition) is 3. The van der Waals surface area contributed by atoms with Gasteiger partial charge < -0.3 is 4.98 Å². The van der Waals surface area contributed by atoms with Gasteiger partial charge in [0, 0.05) is 28.5 Å². The van der Waals surface area contributed by atoms with Crippen molar-refractivity contribution in [2.75, 3.05) is 0 Å². The normalized spacial score (nSPS) is 10.8. The molecule has 0 saturated carbocycles. The Bertz CT molecular complexity index is 920. The number of amides is 2. The van der Waals surface area contributed by atoms with Crippen molar-refractivity contribution in [3.8, 4) is 0 Å². The van der Waals surface area contributed by atoms with Gasteiger partial charge in [-0.05, 0) is 18.2 Å². The molecule has 0 aliphatic carbocycles. The number of aromatic amines is 1. The number of carbonyl (C=O) groups is 2. The van der Waals surface area contributed by atoms with E-state index in [-0.39, 0.29) is 5.91 Å². The SMILES string of the molecule is CC(C)Sc1ncccc1C(=O)NNC(=O)c1c[nH]c2ccccc12. The lowest BCUT2D eigenvalue weighted by Crippen LogP contribution is -2.41. The number of nitrogens with one attached hydrogen (secondary N) is 3. The Morgan fingerprint density at radius 1 is 1.04 bits per heavy atom. The van der Waals surface area contributed by atoms with Crippen LogP contribution in [-0.4, -0.2) is 27.0 Å². The number of hydrogen-bond acceptors (Lipinski definition) is 4. The molecule has 0 radical (unpaired) electrons. The zero-order chi connectivity index (χ0) is 17.8. The van der Waals surface area contributed by atoms with Crippen LogP contribution in [0.2, 0.25) is 0 Å². The van der Waals surface area contributed by atoms with Gasteiger partial charge in [-0.2, -0.15) is 0 Å². The summed E-state index contributed by atoms with van der Waals surface area (Å²) in [7, 11) is 0. The molecular formula is C18H18N4O2S. The number of fused-ring (bicyclic) bond motifs is 1. The quantitative estimate of drug-likeness (QED) is 0.496. The summed E-state index contributed by atoms with van der Waals surface area (Å²) in [6, 6.07) is 10.9. The third-order valence-electron chi connectivity index (χ3n) is 3.49. The second-order valence-electron chi connectivity index (χ2n) is 5.68. The lowest BCUT2D eigenvalue weighted by Gasteiger charge is -2.11. The van der Waals surface area contributed by atoms with E-state index in [1.54, 1.807) is 24.5 Å². The van der Waals surface area contributed by atoms with Crippen molar-refractivity contribution in [2.24, 2.45) is 0 Å². The lowest BCUT2D eigenvalue weighted by atomic mass is 10.2. The molecule has 2 heterocycles. The van der Waals surface area contributed by atoms with Gasteiger partial charge in [0.15, 0.2) is 0 Å². The predicted octanol–water partition coefficient (Wildman–Crippen LogP) is 3.14. The van der Waals surface area contributed by atoms with E-state index in [4.69, 9.17) is 0 Å². The first kappa shape index (κ1) is 17.0. The van der Waals surface area contributed by atoms with E-state index >= 15 is 0 Å². The summed E-state index contributed by atoms with van der Waals surface area (Å²) in [5.41, 5.74) is 6.69. The number of thioether (sulfide) groups is 1. The topological polar surface area (TPSA) is 86.9 Å². The predicted molar refractivity (Wildman–Crippen MR) is 98.5 cm³/mol. The van der Waals surface area contributed by atoms with Crippen molar-refractivity contribution in [1.29, 1.82) is 0 Å². The van der Waals surface area contributed by atoms with Crippen LogP contribution in [-0.2, 0) is 0 Å². The van der Waals surface area contributed by atoms with Crippen molar-refractivity contribution >= 4 is 34.5 Å². The second kappa shape index (κ2) is 7.40. The summed E-state index contributed by atoms with van der Waals surface area (Å²) in [5, 5.41) is 1.73. The maximum atomic E-state index is 12.4. The van der Waals surface area contributed by atoms with E-state index < -0.39 is 5.91 Å². The molecule has 2 amide bonds. The number of aromatic nitrogens is 2. The van der Waals surface area contributed by atoms with Crippen molar-refractivity contribution in [2.45, 2.75) is 24.1 Å². The smallest absolute Gasteiger partial charge is 0.272 e. The minimum atomic E-state index is -0.399. The average molecular weight is 354 g/mol. The van der Waals surface area contributed by atoms with Crippen molar-refractivity contribution < 1.29 is 9.59 Å². The monoisotopic (exact) mass is 354 g/mol. The number of carbonyl (C=O) groups excluding carboxylic acids is 2. The standard InChI is InChI=1S/C18H18N4O2S/c1-11(2)25-18-13(7-5-9-19-18)16(23)21-22-17(24)14-10-20-15-8-4-3-6-12(14)15/h3-11,20H,1-2H3,(H,21,23)(H,22,24). The fraction of sp³-hybridized carbons (Fsp3) is 0.167. The number of H-pyrrole nitrogens is 1. The maximum Gasteiger partial charge on any atom is 0.272 e. The summed E-state index contributed by atoms with van der Waals surface area (Å²) in [5.74, 6) is -0.780. The molecule has 7 heteroatoms. The highest BCUT2D eigenvalue weighted by molar-refractivity contribution is 7.99. The van der Waals surface area contributed by atoms with Gasteiger partial charge in [0.1, 0.15) is 5.03 Å². The molecule has 3 rings (SSSR count). The molecule has 3 aromatic rings. The molecule has 0 aliphatic rings. The molecule has 0 fully saturated rings. The summed E-state index contributed by atoms with van der Waals surface area (Å²) in [6.07, 6.45) is 3.27. The second-order valence-corrected chi connectivity index (χ2v) is 7.24. The molecule has 2 aromatic heterocycles. The van der Waals surface area contributed by atoms with Crippen LogP contribution in [0.25, 0.3) is 10.9 Å². The molecule has 0 atom stereocenters. The van der Waals surface area contributed by atoms with E-state index in [1.807, 2.05) is 38.1 Å². The van der Waals surface area contributed by atoms with Crippen LogP contribution in [0.1, 0.15) is 34.6 Å². The Morgan fingerprint density at radius 3 is 2.52 bits per heavy atom. The third kappa shape index (κ3) is 3.83. The number of rotatable bonds is 4. The van der Waals surface area contributed by atoms with Gasteiger partial charge >= 0.3 is 0 Å². The number of pyridine rings is 1. The molecule has 1 aromatic carbocycles. The van der Waals surface area contributed by atoms with Gasteiger partial charge in [0.25, 0.3) is 11.8 Å². The average Bonchev–Trinajstić information content (AvgIpc) is 3.03. The zero-order valence-electron chi connectivity index (χ0n) is 13.9. The molecule has 0 bridgehead atoms. The van der Waals surface area contributed by atoms with Crippen LogP contribution < -0.4 is 10.9 Å². The Kier molecular flexibility index (Phi) is 5.04. The minimum Gasteiger partial charge on any atom is -0.360 e. The van der Waals surface area contributed by atoms with Gasteiger partial charge in [-0.1, -0.05) is 32.0 Å². The fourth-order valence-corrected chi connectivity index (χ4v) is 3.24. The van der Waals surface area contributed by atoms with Crippen molar-refractivity contribution in [3.05, 3.63) is 59.9 Å². The summed E-state index contributed by atoms with van der Waals surface area (Å²) < 4.78 is 0. The van der Waals surface area contributed by atoms with E-state index in [0.717, 1.165) is 10.9 Å². The number of hydrazine groups is 1. The molecule has 128 valence electrons. The summed E-state index contributed by atoms with van der Waals surface area (Å²) in [6.45, 7) is 4.06. The molecule has 0 saturated heterocycles. The Hall–Kier alpha value is -2.80. The van der Waals surface area contributed by atoms with Gasteiger partial charge in [-0.25, -0.2) is 4.98 Å². The molecular weight excluding hydrogens is 336 g/mol. The number of para-hydroxylation sites is 1.